The van der Waals surface area contributed by atoms with Gasteiger partial charge in [-0.1, -0.05) is 63.6 Å². The zero-order valence-corrected chi connectivity index (χ0v) is 32.9. The number of anilines is 2. The van der Waals surface area contributed by atoms with Crippen LogP contribution in [0.2, 0.25) is 0 Å². The van der Waals surface area contributed by atoms with Gasteiger partial charge in [-0.2, -0.15) is 5.10 Å². The van der Waals surface area contributed by atoms with Gasteiger partial charge in [-0.05, 0) is 106 Å². The minimum atomic E-state index is -0.572. The van der Waals surface area contributed by atoms with Gasteiger partial charge in [0, 0.05) is 30.6 Å². The number of benzene rings is 2. The van der Waals surface area contributed by atoms with Crippen LogP contribution in [0.15, 0.2) is 72.9 Å². The number of urea groups is 1. The summed E-state index contributed by atoms with van der Waals surface area (Å²) in [5.41, 5.74) is 5.11. The first-order valence-electron chi connectivity index (χ1n) is 20.2. The number of hydroxylamine groups is 1. The van der Waals surface area contributed by atoms with Crippen LogP contribution in [0.4, 0.5) is 16.6 Å². The van der Waals surface area contributed by atoms with Crippen molar-refractivity contribution in [2.45, 2.75) is 109 Å². The molecule has 3 aromatic heterocycles. The average molecular weight is 760 g/mol. The Kier molecular flexibility index (Phi) is 10.7. The molecule has 294 valence electrons. The zero-order chi connectivity index (χ0) is 38.8. The average Bonchev–Trinajstić information content (AvgIpc) is 3.84. The molecule has 3 atom stereocenters. The minimum absolute atomic E-state index is 0.235. The van der Waals surface area contributed by atoms with Gasteiger partial charge in [-0.25, -0.2) is 9.48 Å². The standard InChI is InChI=1S/C43H53N9O4/c1-30-12-8-11-25-49(30)41-46-45-39-22-19-33(28-50(39)41)56-37-21-20-36(34-13-6-7-14-35(34)37)44-42(54)52(55-29-53)40-26-38(43(2,3)4)47-51(40)32-17-15-31(16-18-32)27-48-23-9-5-10-24-48/h6-7,13-19,22,26,28-30,36-37H,5,8-12,20-21,23-25,27H2,1-4H3,(H,44,54)/t30-,36-,37+/m0/s1. The molecule has 13 heteroatoms. The first kappa shape index (κ1) is 37.5. The molecule has 13 nitrogen and oxygen atoms in total. The third-order valence-electron chi connectivity index (χ3n) is 11.5. The number of carbonyl (C=O) groups excluding carboxylic acids is 2. The van der Waals surface area contributed by atoms with Crippen LogP contribution in [0.3, 0.4) is 0 Å². The Balaban J connectivity index is 1.02. The van der Waals surface area contributed by atoms with Crippen LogP contribution in [0.5, 0.6) is 5.75 Å². The van der Waals surface area contributed by atoms with Crippen LogP contribution in [-0.2, 0) is 21.6 Å². The first-order chi connectivity index (χ1) is 27.2. The first-order valence-corrected chi connectivity index (χ1v) is 20.2. The third kappa shape index (κ3) is 7.82. The molecule has 5 aromatic rings. The maximum atomic E-state index is 14.2. The van der Waals surface area contributed by atoms with E-state index in [1.807, 2.05) is 59.1 Å². The van der Waals surface area contributed by atoms with Crippen LogP contribution >= 0.6 is 0 Å². The summed E-state index contributed by atoms with van der Waals surface area (Å²) < 4.78 is 10.4. The molecule has 0 radical (unpaired) electrons. The summed E-state index contributed by atoms with van der Waals surface area (Å²) in [5.74, 6) is 1.89. The molecule has 5 heterocycles. The molecule has 3 aliphatic rings. The quantitative estimate of drug-likeness (QED) is 0.112. The minimum Gasteiger partial charge on any atom is -0.484 e. The molecule has 0 unspecified atom stereocenters. The van der Waals surface area contributed by atoms with E-state index in [1.165, 1.54) is 31.2 Å². The number of nitrogens with zero attached hydrogens (tertiary/aromatic N) is 8. The predicted octanol–water partition coefficient (Wildman–Crippen LogP) is 7.84. The molecule has 8 rings (SSSR count). The van der Waals surface area contributed by atoms with E-state index in [9.17, 15) is 9.59 Å². The number of nitrogens with one attached hydrogen (secondary N) is 1. The van der Waals surface area contributed by atoms with E-state index in [-0.39, 0.29) is 24.0 Å². The number of fused-ring (bicyclic) bond motifs is 2. The van der Waals surface area contributed by atoms with E-state index in [4.69, 9.17) is 14.7 Å². The smallest absolute Gasteiger partial charge is 0.357 e. The Bertz CT molecular complexity index is 2150. The maximum absolute atomic E-state index is 14.2. The summed E-state index contributed by atoms with van der Waals surface area (Å²) in [7, 11) is 0. The number of aromatic nitrogens is 5. The molecular weight excluding hydrogens is 707 g/mol. The number of amides is 2. The van der Waals surface area contributed by atoms with Crippen LogP contribution in [0.25, 0.3) is 11.3 Å². The number of hydrogen-bond acceptors (Lipinski definition) is 9. The second-order valence-corrected chi connectivity index (χ2v) is 16.5. The molecule has 2 aliphatic heterocycles. The van der Waals surface area contributed by atoms with Crippen molar-refractivity contribution < 1.29 is 19.2 Å². The van der Waals surface area contributed by atoms with E-state index < -0.39 is 6.03 Å². The Morgan fingerprint density at radius 2 is 1.68 bits per heavy atom. The normalized spacial score (nSPS) is 20.4. The Morgan fingerprint density at radius 1 is 0.911 bits per heavy atom. The third-order valence-corrected chi connectivity index (χ3v) is 11.5. The monoisotopic (exact) mass is 759 g/mol. The topological polar surface area (TPSA) is 122 Å². The van der Waals surface area contributed by atoms with Crippen LogP contribution in [0.1, 0.15) is 114 Å². The van der Waals surface area contributed by atoms with Crippen LogP contribution in [-0.4, -0.2) is 67.5 Å². The van der Waals surface area contributed by atoms with Gasteiger partial charge in [-0.15, -0.1) is 15.3 Å². The molecule has 2 amide bonds. The van der Waals surface area contributed by atoms with Crippen molar-refractivity contribution in [2.75, 3.05) is 29.6 Å². The van der Waals surface area contributed by atoms with Gasteiger partial charge < -0.3 is 19.8 Å². The van der Waals surface area contributed by atoms with Crippen LogP contribution < -0.4 is 20.0 Å². The van der Waals surface area contributed by atoms with Crippen molar-refractivity contribution in [3.05, 3.63) is 95.3 Å². The van der Waals surface area contributed by atoms with Crippen molar-refractivity contribution in [1.82, 2.24) is 34.6 Å². The lowest BCUT2D eigenvalue weighted by atomic mass is 9.85. The van der Waals surface area contributed by atoms with E-state index >= 15 is 0 Å². The number of carbonyl (C=O) groups is 2. The largest absolute Gasteiger partial charge is 0.484 e. The molecular formula is C43H53N9O4. The zero-order valence-electron chi connectivity index (χ0n) is 32.9. The van der Waals surface area contributed by atoms with Gasteiger partial charge in [0.2, 0.25) is 5.95 Å². The molecule has 1 aliphatic carbocycles. The summed E-state index contributed by atoms with van der Waals surface area (Å²) in [4.78, 5) is 36.5. The highest BCUT2D eigenvalue weighted by atomic mass is 16.7. The lowest BCUT2D eigenvalue weighted by Crippen LogP contribution is -2.43. The highest BCUT2D eigenvalue weighted by Gasteiger charge is 2.34. The Hall–Kier alpha value is -5.43. The van der Waals surface area contributed by atoms with Gasteiger partial charge in [0.05, 0.1) is 23.6 Å². The molecule has 2 saturated heterocycles. The fourth-order valence-corrected chi connectivity index (χ4v) is 8.35. The summed E-state index contributed by atoms with van der Waals surface area (Å²) in [5, 5.41) is 18.1. The van der Waals surface area contributed by atoms with Crippen molar-refractivity contribution in [1.29, 1.82) is 0 Å². The number of pyridine rings is 1. The van der Waals surface area contributed by atoms with Gasteiger partial charge in [0.15, 0.2) is 11.5 Å². The molecule has 1 N–H and O–H groups in total. The number of ether oxygens (including phenoxy) is 1. The Morgan fingerprint density at radius 3 is 2.43 bits per heavy atom. The van der Waals surface area contributed by atoms with E-state index in [1.54, 1.807) is 4.68 Å². The predicted molar refractivity (Wildman–Crippen MR) is 215 cm³/mol. The van der Waals surface area contributed by atoms with Crippen LogP contribution in [0, 0.1) is 0 Å². The van der Waals surface area contributed by atoms with E-state index in [0.717, 1.165) is 83.9 Å². The molecule has 0 spiro atoms. The number of hydrogen-bond donors (Lipinski definition) is 1. The highest BCUT2D eigenvalue weighted by molar-refractivity contribution is 5.90. The molecule has 2 aromatic carbocycles. The van der Waals surface area contributed by atoms with Gasteiger partial charge in [0.1, 0.15) is 11.9 Å². The van der Waals surface area contributed by atoms with Crippen molar-refractivity contribution in [2.24, 2.45) is 0 Å². The Labute approximate surface area is 328 Å². The molecule has 56 heavy (non-hydrogen) atoms. The van der Waals surface area contributed by atoms with Crippen molar-refractivity contribution in [3.8, 4) is 11.4 Å². The maximum Gasteiger partial charge on any atom is 0.357 e. The summed E-state index contributed by atoms with van der Waals surface area (Å²) in [6.07, 6.45) is 10.3. The number of piperidine rings is 2. The van der Waals surface area contributed by atoms with Crippen molar-refractivity contribution in [3.63, 3.8) is 0 Å². The van der Waals surface area contributed by atoms with Gasteiger partial charge >= 0.3 is 12.5 Å². The fourth-order valence-electron chi connectivity index (χ4n) is 8.35. The van der Waals surface area contributed by atoms with Gasteiger partial charge in [0.25, 0.3) is 0 Å². The molecule has 2 fully saturated rings. The lowest BCUT2D eigenvalue weighted by molar-refractivity contribution is -0.129. The fraction of sp³-hybridized carbons (Fsp3) is 0.465. The summed E-state index contributed by atoms with van der Waals surface area (Å²) in [6.45, 7) is 12.8. The molecule has 0 bridgehead atoms. The summed E-state index contributed by atoms with van der Waals surface area (Å²) >= 11 is 0. The number of likely N-dealkylation sites (tertiary alicyclic amines) is 1. The SMILES string of the molecule is C[C@H]1CCCCN1c1nnc2ccc(O[C@@H]3CC[C@H](NC(=O)N(OC=O)c4cc(C(C)(C)C)nn4-c4ccc(CN5CCCCC5)cc4)c4ccccc43)cn12. The van der Waals surface area contributed by atoms with E-state index in [0.29, 0.717) is 24.7 Å². The second-order valence-electron chi connectivity index (χ2n) is 16.5. The molecule has 0 saturated carbocycles. The van der Waals surface area contributed by atoms with E-state index in [2.05, 4.69) is 71.2 Å². The number of rotatable bonds is 10. The summed E-state index contributed by atoms with van der Waals surface area (Å²) in [6, 6.07) is 21.4. The lowest BCUT2D eigenvalue weighted by Gasteiger charge is -2.34. The van der Waals surface area contributed by atoms with Gasteiger partial charge in [-0.3, -0.25) is 14.1 Å². The second kappa shape index (κ2) is 16.0. The highest BCUT2D eigenvalue weighted by Crippen LogP contribution is 2.39. The van der Waals surface area contributed by atoms with Crippen molar-refractivity contribution >= 4 is 29.9 Å².